The molecule has 2 fully saturated rings. The van der Waals surface area contributed by atoms with Crippen LogP contribution in [-0.2, 0) is 9.53 Å². The van der Waals surface area contributed by atoms with Gasteiger partial charge in [-0.2, -0.15) is 0 Å². The van der Waals surface area contributed by atoms with Gasteiger partial charge in [0, 0.05) is 25.0 Å². The van der Waals surface area contributed by atoms with Gasteiger partial charge in [-0.3, -0.25) is 4.79 Å². The van der Waals surface area contributed by atoms with Crippen molar-refractivity contribution in [1.82, 2.24) is 10.2 Å². The Morgan fingerprint density at radius 3 is 2.27 bits per heavy atom. The van der Waals surface area contributed by atoms with Gasteiger partial charge in [0.1, 0.15) is 0 Å². The molecule has 1 aliphatic heterocycles. The summed E-state index contributed by atoms with van der Waals surface area (Å²) in [6.07, 6.45) is 3.10. The molecule has 1 heterocycles. The van der Waals surface area contributed by atoms with Crippen LogP contribution in [0.4, 0.5) is 4.79 Å². The molecule has 5 nitrogen and oxygen atoms in total. The van der Waals surface area contributed by atoms with E-state index in [9.17, 15) is 9.59 Å². The minimum Gasteiger partial charge on any atom is -0.453 e. The Balaban J connectivity index is 1.45. The molecule has 0 atom stereocenters. The number of rotatable bonds is 4. The van der Waals surface area contributed by atoms with Crippen LogP contribution >= 0.6 is 0 Å². The lowest BCUT2D eigenvalue weighted by molar-refractivity contribution is -0.140. The lowest BCUT2D eigenvalue weighted by Gasteiger charge is -2.40. The molecule has 26 heavy (non-hydrogen) atoms. The molecule has 1 saturated carbocycles. The Labute approximate surface area is 156 Å². The van der Waals surface area contributed by atoms with Gasteiger partial charge >= 0.3 is 6.09 Å². The number of nitrogens with zero attached hydrogens (tertiary/aromatic N) is 1. The number of hydrogen-bond acceptors (Lipinski definition) is 3. The number of carbonyl (C=O) groups is 2. The number of nitrogens with one attached hydrogen (secondary N) is 1. The summed E-state index contributed by atoms with van der Waals surface area (Å²) < 4.78 is 4.60. The van der Waals surface area contributed by atoms with Crippen molar-refractivity contribution in [2.24, 2.45) is 5.92 Å². The van der Waals surface area contributed by atoms with Gasteiger partial charge in [-0.15, -0.1) is 0 Å². The number of hydrogen-bond donors (Lipinski definition) is 1. The van der Waals surface area contributed by atoms with Crippen molar-refractivity contribution in [1.29, 1.82) is 0 Å². The third-order valence-electron chi connectivity index (χ3n) is 5.88. The number of benzene rings is 1. The second-order valence-corrected chi connectivity index (χ2v) is 7.92. The van der Waals surface area contributed by atoms with E-state index in [2.05, 4.69) is 48.2 Å². The van der Waals surface area contributed by atoms with Crippen molar-refractivity contribution in [2.45, 2.75) is 57.4 Å². The van der Waals surface area contributed by atoms with E-state index >= 15 is 0 Å². The average molecular weight is 358 g/mol. The first kappa shape index (κ1) is 18.7. The summed E-state index contributed by atoms with van der Waals surface area (Å²) in [5.41, 5.74) is 2.77. The van der Waals surface area contributed by atoms with Crippen molar-refractivity contribution in [3.8, 4) is 0 Å². The quantitative estimate of drug-likeness (QED) is 0.894. The molecule has 1 aromatic carbocycles. The van der Waals surface area contributed by atoms with Crippen LogP contribution < -0.4 is 5.32 Å². The maximum absolute atomic E-state index is 12.6. The van der Waals surface area contributed by atoms with E-state index in [1.165, 1.54) is 18.2 Å². The number of carbonyl (C=O) groups excluding carboxylic acids is 2. The van der Waals surface area contributed by atoms with E-state index in [1.807, 2.05) is 4.90 Å². The summed E-state index contributed by atoms with van der Waals surface area (Å²) in [6, 6.07) is 9.06. The zero-order valence-corrected chi connectivity index (χ0v) is 16.0. The summed E-state index contributed by atoms with van der Waals surface area (Å²) in [5, 5.41) is 2.76. The van der Waals surface area contributed by atoms with Gasteiger partial charge in [0.2, 0.25) is 5.91 Å². The number of ether oxygens (including phenoxy) is 1. The van der Waals surface area contributed by atoms with E-state index in [-0.39, 0.29) is 17.9 Å². The first-order valence-corrected chi connectivity index (χ1v) is 9.71. The standard InChI is InChI=1S/C21H30N2O3/c1-14(2)15-4-6-16(7-5-15)17-8-10-23(11-9-17)20(24)18-12-19(13-18)22-21(25)26-3/h4-7,14,17-19H,8-13H2,1-3H3,(H,22,25). The Morgan fingerprint density at radius 1 is 1.12 bits per heavy atom. The third kappa shape index (κ3) is 4.19. The third-order valence-corrected chi connectivity index (χ3v) is 5.88. The van der Waals surface area contributed by atoms with Crippen LogP contribution in [0.15, 0.2) is 24.3 Å². The highest BCUT2D eigenvalue weighted by Crippen LogP contribution is 2.33. The number of likely N-dealkylation sites (tertiary alicyclic amines) is 1. The predicted octanol–water partition coefficient (Wildman–Crippen LogP) is 3.65. The molecule has 5 heteroatoms. The van der Waals surface area contributed by atoms with Gasteiger partial charge in [-0.05, 0) is 48.6 Å². The second kappa shape index (κ2) is 8.11. The highest BCUT2D eigenvalue weighted by atomic mass is 16.5. The SMILES string of the molecule is COC(=O)NC1CC(C(=O)N2CCC(c3ccc(C(C)C)cc3)CC2)C1. The number of piperidine rings is 1. The molecule has 1 aromatic rings. The van der Waals surface area contributed by atoms with Crippen molar-refractivity contribution in [2.75, 3.05) is 20.2 Å². The Morgan fingerprint density at radius 2 is 1.73 bits per heavy atom. The van der Waals surface area contributed by atoms with Crippen LogP contribution in [0.2, 0.25) is 0 Å². The zero-order valence-electron chi connectivity index (χ0n) is 16.0. The Bertz CT molecular complexity index is 627. The smallest absolute Gasteiger partial charge is 0.407 e. The summed E-state index contributed by atoms with van der Waals surface area (Å²) in [4.78, 5) is 25.8. The number of methoxy groups -OCH3 is 1. The summed E-state index contributed by atoms with van der Waals surface area (Å²) in [7, 11) is 1.36. The van der Waals surface area contributed by atoms with E-state index in [4.69, 9.17) is 0 Å². The van der Waals surface area contributed by atoms with Crippen LogP contribution in [0.1, 0.15) is 62.5 Å². The molecule has 0 spiro atoms. The van der Waals surface area contributed by atoms with Gasteiger partial charge in [-0.1, -0.05) is 38.1 Å². The molecule has 1 saturated heterocycles. The van der Waals surface area contributed by atoms with Crippen LogP contribution in [0.3, 0.4) is 0 Å². The molecule has 142 valence electrons. The van der Waals surface area contributed by atoms with Gasteiger partial charge in [0.15, 0.2) is 0 Å². The second-order valence-electron chi connectivity index (χ2n) is 7.92. The minimum absolute atomic E-state index is 0.0547. The van der Waals surface area contributed by atoms with Crippen molar-refractivity contribution < 1.29 is 14.3 Å². The van der Waals surface area contributed by atoms with Gasteiger partial charge < -0.3 is 15.0 Å². The molecule has 0 radical (unpaired) electrons. The molecule has 0 aromatic heterocycles. The number of amides is 2. The van der Waals surface area contributed by atoms with Gasteiger partial charge in [-0.25, -0.2) is 4.79 Å². The topological polar surface area (TPSA) is 58.6 Å². The van der Waals surface area contributed by atoms with E-state index in [0.29, 0.717) is 11.8 Å². The fourth-order valence-electron chi connectivity index (χ4n) is 4.01. The Hall–Kier alpha value is -2.04. The van der Waals surface area contributed by atoms with Crippen LogP contribution in [0.5, 0.6) is 0 Å². The molecule has 2 aliphatic rings. The molecule has 0 unspecified atom stereocenters. The zero-order chi connectivity index (χ0) is 18.7. The fraction of sp³-hybridized carbons (Fsp3) is 0.619. The molecule has 1 aliphatic carbocycles. The first-order chi connectivity index (χ1) is 12.5. The average Bonchev–Trinajstić information content (AvgIpc) is 2.63. The Kier molecular flexibility index (Phi) is 5.84. The largest absolute Gasteiger partial charge is 0.453 e. The molecule has 2 amide bonds. The van der Waals surface area contributed by atoms with Crippen LogP contribution in [0, 0.1) is 5.92 Å². The monoisotopic (exact) mass is 358 g/mol. The molecular formula is C21H30N2O3. The van der Waals surface area contributed by atoms with Crippen LogP contribution in [-0.4, -0.2) is 43.1 Å². The highest BCUT2D eigenvalue weighted by molar-refractivity contribution is 5.80. The first-order valence-electron chi connectivity index (χ1n) is 9.71. The lowest BCUT2D eigenvalue weighted by atomic mass is 9.78. The molecule has 1 N–H and O–H groups in total. The van der Waals surface area contributed by atoms with E-state index in [0.717, 1.165) is 38.8 Å². The van der Waals surface area contributed by atoms with E-state index in [1.54, 1.807) is 0 Å². The highest BCUT2D eigenvalue weighted by Gasteiger charge is 2.38. The van der Waals surface area contributed by atoms with Crippen molar-refractivity contribution in [3.05, 3.63) is 35.4 Å². The molecule has 0 bridgehead atoms. The van der Waals surface area contributed by atoms with Gasteiger partial charge in [0.25, 0.3) is 0 Å². The summed E-state index contributed by atoms with van der Waals surface area (Å²) >= 11 is 0. The number of alkyl carbamates (subject to hydrolysis) is 1. The predicted molar refractivity (Wildman–Crippen MR) is 101 cm³/mol. The van der Waals surface area contributed by atoms with Gasteiger partial charge in [0.05, 0.1) is 7.11 Å². The van der Waals surface area contributed by atoms with Crippen molar-refractivity contribution >= 4 is 12.0 Å². The minimum atomic E-state index is -0.412. The molecule has 3 rings (SSSR count). The van der Waals surface area contributed by atoms with E-state index < -0.39 is 6.09 Å². The summed E-state index contributed by atoms with van der Waals surface area (Å²) in [6.45, 7) is 6.09. The lowest BCUT2D eigenvalue weighted by Crippen LogP contribution is -2.51. The maximum atomic E-state index is 12.6. The van der Waals surface area contributed by atoms with Crippen molar-refractivity contribution in [3.63, 3.8) is 0 Å². The normalized spacial score (nSPS) is 23.5. The van der Waals surface area contributed by atoms with Crippen LogP contribution in [0.25, 0.3) is 0 Å². The molecular weight excluding hydrogens is 328 g/mol. The fourth-order valence-corrected chi connectivity index (χ4v) is 4.01. The maximum Gasteiger partial charge on any atom is 0.407 e. The summed E-state index contributed by atoms with van der Waals surface area (Å²) in [5.74, 6) is 1.42.